The number of benzene rings is 2. The van der Waals surface area contributed by atoms with Crippen LogP contribution in [0.1, 0.15) is 53.8 Å². The van der Waals surface area contributed by atoms with Crippen molar-refractivity contribution >= 4 is 11.9 Å². The van der Waals surface area contributed by atoms with Crippen LogP contribution in [0.15, 0.2) is 36.4 Å². The number of methoxy groups -OCH3 is 1. The molecule has 0 radical (unpaired) electrons. The molecular formula is C26H33FN2O5. The number of aromatic carboxylic acids is 1. The van der Waals surface area contributed by atoms with Crippen LogP contribution in [0, 0.1) is 5.82 Å². The van der Waals surface area contributed by atoms with Crippen LogP contribution in [0.2, 0.25) is 0 Å². The standard InChI is InChI=1S/C26H33FN2O5/c1-17(2)29(20-6-4-11-28-16-20)25(30)18-7-9-21(24(15-18)34-13-5-12-33-3)22-14-19(26(31)32)8-10-23(22)27/h7-10,14-15,17,20,28H,4-6,11-13,16H2,1-3H3,(H,31,32)/t20-/m1/s1. The van der Waals surface area contributed by atoms with Crippen LogP contribution in [0.5, 0.6) is 5.75 Å². The number of carbonyl (C=O) groups is 2. The number of halogens is 1. The van der Waals surface area contributed by atoms with E-state index >= 15 is 0 Å². The van der Waals surface area contributed by atoms with Crippen molar-refractivity contribution in [1.29, 1.82) is 0 Å². The maximum atomic E-state index is 14.7. The normalized spacial score (nSPS) is 15.9. The Kier molecular flexibility index (Phi) is 9.01. The third-order valence-electron chi connectivity index (χ3n) is 5.94. The van der Waals surface area contributed by atoms with Gasteiger partial charge in [-0.25, -0.2) is 9.18 Å². The number of carbonyl (C=O) groups excluding carboxylic acids is 1. The second kappa shape index (κ2) is 11.9. The van der Waals surface area contributed by atoms with E-state index in [1.165, 1.54) is 12.1 Å². The zero-order valence-electron chi connectivity index (χ0n) is 20.0. The maximum Gasteiger partial charge on any atom is 0.335 e. The number of nitrogens with zero attached hydrogens (tertiary/aromatic N) is 1. The van der Waals surface area contributed by atoms with Crippen molar-refractivity contribution in [2.75, 3.05) is 33.4 Å². The van der Waals surface area contributed by atoms with E-state index in [1.807, 2.05) is 18.7 Å². The van der Waals surface area contributed by atoms with Gasteiger partial charge >= 0.3 is 5.97 Å². The highest BCUT2D eigenvalue weighted by Crippen LogP contribution is 2.34. The molecule has 2 aromatic carbocycles. The van der Waals surface area contributed by atoms with Crippen molar-refractivity contribution < 1.29 is 28.6 Å². The van der Waals surface area contributed by atoms with E-state index in [0.29, 0.717) is 36.5 Å². The fourth-order valence-corrected chi connectivity index (χ4v) is 4.29. The second-order valence-corrected chi connectivity index (χ2v) is 8.71. The lowest BCUT2D eigenvalue weighted by atomic mass is 9.98. The molecule has 0 spiro atoms. The summed E-state index contributed by atoms with van der Waals surface area (Å²) in [5.74, 6) is -1.50. The lowest BCUT2D eigenvalue weighted by molar-refractivity contribution is 0.0572. The van der Waals surface area contributed by atoms with Gasteiger partial charge in [0.2, 0.25) is 0 Å². The summed E-state index contributed by atoms with van der Waals surface area (Å²) in [6.07, 6.45) is 2.55. The minimum atomic E-state index is -1.15. The van der Waals surface area contributed by atoms with Gasteiger partial charge in [0.05, 0.1) is 12.2 Å². The molecule has 1 saturated heterocycles. The highest BCUT2D eigenvalue weighted by atomic mass is 19.1. The van der Waals surface area contributed by atoms with Gasteiger partial charge in [0, 0.05) is 55.5 Å². The van der Waals surface area contributed by atoms with Gasteiger partial charge in [-0.15, -0.1) is 0 Å². The molecule has 1 atom stereocenters. The smallest absolute Gasteiger partial charge is 0.335 e. The van der Waals surface area contributed by atoms with Gasteiger partial charge < -0.3 is 24.8 Å². The molecule has 1 heterocycles. The van der Waals surface area contributed by atoms with Gasteiger partial charge in [-0.1, -0.05) is 0 Å². The van der Waals surface area contributed by atoms with Crippen LogP contribution >= 0.6 is 0 Å². The van der Waals surface area contributed by atoms with Gasteiger partial charge in [0.25, 0.3) is 5.91 Å². The van der Waals surface area contributed by atoms with Crippen LogP contribution < -0.4 is 10.1 Å². The number of hydrogen-bond acceptors (Lipinski definition) is 5. The Morgan fingerprint density at radius 2 is 1.91 bits per heavy atom. The fraction of sp³-hybridized carbons (Fsp3) is 0.462. The third kappa shape index (κ3) is 6.12. The molecule has 0 unspecified atom stereocenters. The van der Waals surface area contributed by atoms with E-state index in [9.17, 15) is 19.1 Å². The minimum absolute atomic E-state index is 0.00726. The minimum Gasteiger partial charge on any atom is -0.493 e. The third-order valence-corrected chi connectivity index (χ3v) is 5.94. The van der Waals surface area contributed by atoms with Crippen molar-refractivity contribution in [3.05, 3.63) is 53.3 Å². The van der Waals surface area contributed by atoms with Crippen molar-refractivity contribution in [1.82, 2.24) is 10.2 Å². The summed E-state index contributed by atoms with van der Waals surface area (Å²) in [6, 6.07) is 8.64. The number of ether oxygens (including phenoxy) is 2. The number of amides is 1. The first-order chi connectivity index (χ1) is 16.3. The molecule has 0 saturated carbocycles. The Balaban J connectivity index is 1.99. The number of rotatable bonds is 10. The lowest BCUT2D eigenvalue weighted by Gasteiger charge is -2.37. The molecule has 0 aliphatic carbocycles. The monoisotopic (exact) mass is 472 g/mol. The maximum absolute atomic E-state index is 14.7. The predicted molar refractivity (Wildman–Crippen MR) is 128 cm³/mol. The summed E-state index contributed by atoms with van der Waals surface area (Å²) in [5.41, 5.74) is 0.917. The largest absolute Gasteiger partial charge is 0.493 e. The average molecular weight is 473 g/mol. The lowest BCUT2D eigenvalue weighted by Crippen LogP contribution is -2.51. The molecule has 1 aliphatic heterocycles. The summed E-state index contributed by atoms with van der Waals surface area (Å²) in [5, 5.41) is 12.7. The highest BCUT2D eigenvalue weighted by Gasteiger charge is 2.29. The molecule has 2 aromatic rings. The number of piperidine rings is 1. The molecule has 34 heavy (non-hydrogen) atoms. The van der Waals surface area contributed by atoms with Crippen LogP contribution in [0.25, 0.3) is 11.1 Å². The Labute approximate surface area is 199 Å². The first-order valence-electron chi connectivity index (χ1n) is 11.7. The number of carboxylic acid groups (broad SMARTS) is 1. The number of carboxylic acids is 1. The zero-order valence-corrected chi connectivity index (χ0v) is 20.0. The molecule has 7 nitrogen and oxygen atoms in total. The van der Waals surface area contributed by atoms with Crippen LogP contribution in [0.3, 0.4) is 0 Å². The molecule has 184 valence electrons. The van der Waals surface area contributed by atoms with E-state index in [1.54, 1.807) is 25.3 Å². The van der Waals surface area contributed by atoms with E-state index in [-0.39, 0.29) is 29.1 Å². The van der Waals surface area contributed by atoms with Gasteiger partial charge in [0.15, 0.2) is 0 Å². The predicted octanol–water partition coefficient (Wildman–Crippen LogP) is 4.21. The quantitative estimate of drug-likeness (QED) is 0.504. The van der Waals surface area contributed by atoms with Gasteiger partial charge in [-0.05, 0) is 69.6 Å². The van der Waals surface area contributed by atoms with Crippen LogP contribution in [0.4, 0.5) is 4.39 Å². The Morgan fingerprint density at radius 3 is 2.56 bits per heavy atom. The van der Waals surface area contributed by atoms with Crippen molar-refractivity contribution in [3.8, 4) is 16.9 Å². The molecule has 1 aliphatic rings. The van der Waals surface area contributed by atoms with E-state index in [4.69, 9.17) is 9.47 Å². The Morgan fingerprint density at radius 1 is 1.15 bits per heavy atom. The van der Waals surface area contributed by atoms with E-state index in [0.717, 1.165) is 32.0 Å². The molecule has 1 amide bonds. The summed E-state index contributed by atoms with van der Waals surface area (Å²) >= 11 is 0. The molecule has 1 fully saturated rings. The van der Waals surface area contributed by atoms with Crippen LogP contribution in [-0.4, -0.2) is 67.4 Å². The number of nitrogens with one attached hydrogen (secondary N) is 1. The summed E-state index contributed by atoms with van der Waals surface area (Å²) < 4.78 is 25.7. The Bertz CT molecular complexity index is 1000. The zero-order chi connectivity index (χ0) is 24.7. The molecule has 8 heteroatoms. The summed E-state index contributed by atoms with van der Waals surface area (Å²) in [4.78, 5) is 26.9. The fourth-order valence-electron chi connectivity index (χ4n) is 4.29. The topological polar surface area (TPSA) is 88.1 Å². The summed E-state index contributed by atoms with van der Waals surface area (Å²) in [6.45, 7) is 6.48. The van der Waals surface area contributed by atoms with E-state index < -0.39 is 11.8 Å². The number of hydrogen-bond donors (Lipinski definition) is 2. The average Bonchev–Trinajstić information content (AvgIpc) is 2.82. The van der Waals surface area contributed by atoms with Gasteiger partial charge in [-0.2, -0.15) is 0 Å². The summed E-state index contributed by atoms with van der Waals surface area (Å²) in [7, 11) is 1.60. The first kappa shape index (κ1) is 25.6. The van der Waals surface area contributed by atoms with Crippen molar-refractivity contribution in [2.45, 2.75) is 45.2 Å². The second-order valence-electron chi connectivity index (χ2n) is 8.71. The van der Waals surface area contributed by atoms with Gasteiger partial charge in [-0.3, -0.25) is 4.79 Å². The first-order valence-corrected chi connectivity index (χ1v) is 11.7. The SMILES string of the molecule is COCCCOc1cc(C(=O)N(C(C)C)[C@@H]2CCCNC2)ccc1-c1cc(C(=O)O)ccc1F. The van der Waals surface area contributed by atoms with Crippen molar-refractivity contribution in [3.63, 3.8) is 0 Å². The molecular weight excluding hydrogens is 439 g/mol. The highest BCUT2D eigenvalue weighted by molar-refractivity contribution is 5.96. The Hall–Kier alpha value is -2.97. The molecule has 0 aromatic heterocycles. The van der Waals surface area contributed by atoms with Crippen LogP contribution in [-0.2, 0) is 4.74 Å². The molecule has 3 rings (SSSR count). The van der Waals surface area contributed by atoms with Crippen molar-refractivity contribution in [2.24, 2.45) is 0 Å². The molecule has 2 N–H and O–H groups in total. The molecule has 0 bridgehead atoms. The van der Waals surface area contributed by atoms with Gasteiger partial charge in [0.1, 0.15) is 11.6 Å². The van der Waals surface area contributed by atoms with E-state index in [2.05, 4.69) is 5.32 Å².